The zero-order valence-electron chi connectivity index (χ0n) is 15.1. The van der Waals surface area contributed by atoms with Crippen LogP contribution in [0.1, 0.15) is 58.8 Å². The van der Waals surface area contributed by atoms with Gasteiger partial charge in [0.2, 0.25) is 0 Å². The highest BCUT2D eigenvalue weighted by atomic mass is 32.1. The smallest absolute Gasteiger partial charge is 0.330 e. The van der Waals surface area contributed by atoms with Gasteiger partial charge in [0.05, 0.1) is 0 Å². The lowest BCUT2D eigenvalue weighted by molar-refractivity contribution is 0.600. The largest absolute Gasteiger partial charge is 0.383 e. The topological polar surface area (TPSA) is 96.2 Å². The number of rotatable bonds is 7. The summed E-state index contributed by atoms with van der Waals surface area (Å²) in [5.74, 6) is 0.203. The van der Waals surface area contributed by atoms with Gasteiger partial charge >= 0.3 is 5.69 Å². The quantitative estimate of drug-likeness (QED) is 0.638. The van der Waals surface area contributed by atoms with E-state index in [-0.39, 0.29) is 11.9 Å². The molecule has 8 heteroatoms. The van der Waals surface area contributed by atoms with Crippen LogP contribution in [0.5, 0.6) is 0 Å². The summed E-state index contributed by atoms with van der Waals surface area (Å²) in [6.07, 6.45) is 6.80. The SMILES string of the molecule is CCCCn1c(N)c(N(C(=S)NCCC)C2CCCC2)c(=O)[nH]c1=O. The van der Waals surface area contributed by atoms with Crippen molar-refractivity contribution in [1.82, 2.24) is 14.9 Å². The molecule has 1 saturated carbocycles. The van der Waals surface area contributed by atoms with Gasteiger partial charge in [0.15, 0.2) is 10.8 Å². The predicted molar refractivity (Wildman–Crippen MR) is 106 cm³/mol. The number of aromatic nitrogens is 2. The van der Waals surface area contributed by atoms with Crippen LogP contribution in [0.4, 0.5) is 11.5 Å². The maximum Gasteiger partial charge on any atom is 0.330 e. The minimum Gasteiger partial charge on any atom is -0.383 e. The van der Waals surface area contributed by atoms with E-state index in [1.54, 1.807) is 0 Å². The number of H-pyrrole nitrogens is 1. The third-order valence-electron chi connectivity index (χ3n) is 4.63. The number of unbranched alkanes of at least 4 members (excludes halogenated alkanes) is 1. The maximum absolute atomic E-state index is 12.6. The fraction of sp³-hybridized carbons (Fsp3) is 0.706. The first kappa shape index (κ1) is 19.5. The van der Waals surface area contributed by atoms with Gasteiger partial charge in [-0.15, -0.1) is 0 Å². The van der Waals surface area contributed by atoms with Crippen LogP contribution in [0.15, 0.2) is 9.59 Å². The number of nitrogens with two attached hydrogens (primary N) is 1. The van der Waals surface area contributed by atoms with E-state index in [1.165, 1.54) is 4.57 Å². The molecule has 1 aliphatic carbocycles. The number of aromatic amines is 1. The van der Waals surface area contributed by atoms with E-state index in [0.29, 0.717) is 17.3 Å². The number of hydrogen-bond acceptors (Lipinski definition) is 4. The van der Waals surface area contributed by atoms with Crippen molar-refractivity contribution >= 4 is 28.8 Å². The molecule has 0 atom stereocenters. The number of nitrogens with zero attached hydrogens (tertiary/aromatic N) is 2. The molecule has 4 N–H and O–H groups in total. The molecule has 1 aliphatic rings. The summed E-state index contributed by atoms with van der Waals surface area (Å²) in [4.78, 5) is 29.0. The fourth-order valence-corrected chi connectivity index (χ4v) is 3.62. The lowest BCUT2D eigenvalue weighted by Crippen LogP contribution is -2.49. The van der Waals surface area contributed by atoms with Crippen LogP contribution in [-0.4, -0.2) is 27.3 Å². The van der Waals surface area contributed by atoms with Crippen LogP contribution in [0, 0.1) is 0 Å². The fourth-order valence-electron chi connectivity index (χ4n) is 3.28. The second-order valence-corrected chi connectivity index (χ2v) is 6.93. The lowest BCUT2D eigenvalue weighted by atomic mass is 10.2. The number of nitrogens with one attached hydrogen (secondary N) is 2. The average Bonchev–Trinajstić information content (AvgIpc) is 3.10. The Morgan fingerprint density at radius 2 is 2.00 bits per heavy atom. The highest BCUT2D eigenvalue weighted by molar-refractivity contribution is 7.80. The van der Waals surface area contributed by atoms with Crippen molar-refractivity contribution in [3.8, 4) is 0 Å². The van der Waals surface area contributed by atoms with E-state index in [4.69, 9.17) is 18.0 Å². The van der Waals surface area contributed by atoms with Gasteiger partial charge in [-0.1, -0.05) is 33.1 Å². The van der Waals surface area contributed by atoms with Crippen LogP contribution in [0.2, 0.25) is 0 Å². The Balaban J connectivity index is 2.50. The summed E-state index contributed by atoms with van der Waals surface area (Å²) in [6, 6.07) is 0.136. The molecule has 0 unspecified atom stereocenters. The van der Waals surface area contributed by atoms with E-state index in [1.807, 2.05) is 11.8 Å². The summed E-state index contributed by atoms with van der Waals surface area (Å²) in [5.41, 5.74) is 5.65. The summed E-state index contributed by atoms with van der Waals surface area (Å²) in [7, 11) is 0. The van der Waals surface area contributed by atoms with Gasteiger partial charge in [-0.3, -0.25) is 14.3 Å². The Bertz CT molecular complexity index is 706. The van der Waals surface area contributed by atoms with Crippen molar-refractivity contribution in [3.05, 3.63) is 20.8 Å². The van der Waals surface area contributed by atoms with Crippen molar-refractivity contribution in [2.45, 2.75) is 71.4 Å². The van der Waals surface area contributed by atoms with E-state index in [9.17, 15) is 9.59 Å². The van der Waals surface area contributed by atoms with E-state index in [2.05, 4.69) is 17.2 Å². The van der Waals surface area contributed by atoms with Crippen molar-refractivity contribution in [3.63, 3.8) is 0 Å². The molecule has 0 spiro atoms. The molecule has 2 rings (SSSR count). The minimum absolute atomic E-state index is 0.136. The molecule has 1 aromatic heterocycles. The molecule has 0 radical (unpaired) electrons. The van der Waals surface area contributed by atoms with Crippen LogP contribution >= 0.6 is 12.2 Å². The van der Waals surface area contributed by atoms with Gasteiger partial charge in [-0.05, 0) is 37.9 Å². The van der Waals surface area contributed by atoms with Gasteiger partial charge in [-0.2, -0.15) is 0 Å². The van der Waals surface area contributed by atoms with Crippen molar-refractivity contribution in [2.75, 3.05) is 17.2 Å². The molecule has 1 heterocycles. The first-order valence-corrected chi connectivity index (χ1v) is 9.61. The van der Waals surface area contributed by atoms with Gasteiger partial charge < -0.3 is 16.0 Å². The molecule has 140 valence electrons. The molecule has 0 bridgehead atoms. The number of hydrogen-bond donors (Lipinski definition) is 3. The van der Waals surface area contributed by atoms with Crippen LogP contribution < -0.4 is 27.2 Å². The summed E-state index contributed by atoms with van der Waals surface area (Å²) in [5, 5.41) is 3.71. The number of nitrogen functional groups attached to an aromatic ring is 1. The standard InChI is InChI=1S/C17H29N5O2S/c1-3-5-11-21-14(18)13(15(23)20-16(21)24)22(12-8-6-7-9-12)17(25)19-10-4-2/h12H,3-11,18H2,1-2H3,(H,19,25)(H,20,23,24). The molecule has 0 saturated heterocycles. The summed E-state index contributed by atoms with van der Waals surface area (Å²) < 4.78 is 1.45. The highest BCUT2D eigenvalue weighted by Gasteiger charge is 2.30. The third-order valence-corrected chi connectivity index (χ3v) is 4.97. The molecule has 1 aromatic rings. The number of thiocarbonyl (C=S) groups is 1. The number of anilines is 2. The first-order valence-electron chi connectivity index (χ1n) is 9.20. The Morgan fingerprint density at radius 3 is 2.60 bits per heavy atom. The zero-order valence-corrected chi connectivity index (χ0v) is 16.0. The van der Waals surface area contributed by atoms with E-state index >= 15 is 0 Å². The maximum atomic E-state index is 12.6. The predicted octanol–water partition coefficient (Wildman–Crippen LogP) is 1.95. The molecule has 7 nitrogen and oxygen atoms in total. The van der Waals surface area contributed by atoms with Crippen molar-refractivity contribution in [1.29, 1.82) is 0 Å². The summed E-state index contributed by atoms with van der Waals surface area (Å²) in [6.45, 7) is 5.32. The zero-order chi connectivity index (χ0) is 18.4. The Kier molecular flexibility index (Phi) is 7.04. The summed E-state index contributed by atoms with van der Waals surface area (Å²) >= 11 is 5.56. The molecular weight excluding hydrogens is 338 g/mol. The molecular formula is C17H29N5O2S. The third kappa shape index (κ3) is 4.42. The van der Waals surface area contributed by atoms with E-state index < -0.39 is 11.2 Å². The minimum atomic E-state index is -0.470. The second kappa shape index (κ2) is 9.03. The Labute approximate surface area is 153 Å². The first-order chi connectivity index (χ1) is 12.0. The molecule has 0 aliphatic heterocycles. The normalized spacial score (nSPS) is 14.6. The Hall–Kier alpha value is -1.83. The lowest BCUT2D eigenvalue weighted by Gasteiger charge is -2.32. The van der Waals surface area contributed by atoms with Gasteiger partial charge in [-0.25, -0.2) is 4.79 Å². The average molecular weight is 368 g/mol. The van der Waals surface area contributed by atoms with Crippen LogP contribution in [0.25, 0.3) is 0 Å². The second-order valence-electron chi connectivity index (χ2n) is 6.54. The van der Waals surface area contributed by atoms with Crippen molar-refractivity contribution in [2.24, 2.45) is 0 Å². The van der Waals surface area contributed by atoms with Crippen molar-refractivity contribution < 1.29 is 0 Å². The van der Waals surface area contributed by atoms with Crippen LogP contribution in [0.3, 0.4) is 0 Å². The monoisotopic (exact) mass is 367 g/mol. The Morgan fingerprint density at radius 1 is 1.32 bits per heavy atom. The molecule has 0 amide bonds. The van der Waals surface area contributed by atoms with Gasteiger partial charge in [0.1, 0.15) is 5.82 Å². The molecule has 1 fully saturated rings. The van der Waals surface area contributed by atoms with Gasteiger partial charge in [0.25, 0.3) is 5.56 Å². The van der Waals surface area contributed by atoms with Gasteiger partial charge in [0, 0.05) is 19.1 Å². The molecule has 25 heavy (non-hydrogen) atoms. The molecule has 0 aromatic carbocycles. The highest BCUT2D eigenvalue weighted by Crippen LogP contribution is 2.29. The van der Waals surface area contributed by atoms with E-state index in [0.717, 1.165) is 51.5 Å². The van der Waals surface area contributed by atoms with Crippen LogP contribution in [-0.2, 0) is 6.54 Å².